The number of esters is 1. The van der Waals surface area contributed by atoms with Gasteiger partial charge in [-0.05, 0) is 17.7 Å². The maximum atomic E-state index is 12.3. The fraction of sp³-hybridized carbons (Fsp3) is 0.273. The first-order chi connectivity index (χ1) is 8.53. The molecule has 0 saturated carbocycles. The van der Waals surface area contributed by atoms with Crippen LogP contribution in [-0.2, 0) is 10.1 Å². The molecular formula is C11H8BrF2NO3. The third kappa shape index (κ3) is 3.17. The zero-order valence-corrected chi connectivity index (χ0v) is 10.8. The summed E-state index contributed by atoms with van der Waals surface area (Å²) in [6.07, 6.45) is 0. The van der Waals surface area contributed by atoms with Gasteiger partial charge in [0.05, 0.1) is 12.7 Å². The Labute approximate surface area is 110 Å². The number of hydrogen-bond acceptors (Lipinski definition) is 4. The van der Waals surface area contributed by atoms with Crippen LogP contribution >= 0.6 is 15.9 Å². The molecule has 0 amide bonds. The minimum absolute atomic E-state index is 0.0746. The highest BCUT2D eigenvalue weighted by Gasteiger charge is 2.22. The van der Waals surface area contributed by atoms with Gasteiger partial charge in [0.25, 0.3) is 0 Å². The Morgan fingerprint density at radius 3 is 2.67 bits per heavy atom. The van der Waals surface area contributed by atoms with Crippen LogP contribution in [-0.4, -0.2) is 19.7 Å². The lowest BCUT2D eigenvalue weighted by Crippen LogP contribution is -2.11. The summed E-state index contributed by atoms with van der Waals surface area (Å²) < 4.78 is 33.2. The number of alkyl halides is 3. The number of nitriles is 1. The largest absolute Gasteiger partial charge is 0.465 e. The Morgan fingerprint density at radius 2 is 2.22 bits per heavy atom. The molecule has 1 aromatic carbocycles. The number of benzene rings is 1. The average Bonchev–Trinajstić information content (AvgIpc) is 2.36. The van der Waals surface area contributed by atoms with Crippen LogP contribution in [0.25, 0.3) is 0 Å². The van der Waals surface area contributed by atoms with Gasteiger partial charge in [0.1, 0.15) is 17.4 Å². The standard InChI is InChI=1S/C11H8BrF2NO3/c1-17-10(16)9-7(5-15)2-6(4-12)3-8(9)18-11(13)14/h2-3,11H,4H2,1H3. The molecule has 0 N–H and O–H groups in total. The molecule has 4 nitrogen and oxygen atoms in total. The number of carbonyl (C=O) groups excluding carboxylic acids is 1. The smallest absolute Gasteiger partial charge is 0.387 e. The third-order valence-electron chi connectivity index (χ3n) is 2.04. The van der Waals surface area contributed by atoms with Crippen molar-refractivity contribution in [1.29, 1.82) is 5.26 Å². The summed E-state index contributed by atoms with van der Waals surface area (Å²) in [5, 5.41) is 9.26. The highest BCUT2D eigenvalue weighted by molar-refractivity contribution is 9.08. The van der Waals surface area contributed by atoms with Crippen LogP contribution < -0.4 is 4.74 Å². The van der Waals surface area contributed by atoms with E-state index in [0.717, 1.165) is 7.11 Å². The Bertz CT molecular complexity index is 500. The van der Waals surface area contributed by atoms with Crippen LogP contribution in [0.15, 0.2) is 12.1 Å². The fourth-order valence-corrected chi connectivity index (χ4v) is 1.66. The van der Waals surface area contributed by atoms with Crippen molar-refractivity contribution in [3.8, 4) is 11.8 Å². The molecule has 0 aliphatic carbocycles. The summed E-state index contributed by atoms with van der Waals surface area (Å²) in [5.74, 6) is -1.27. The monoisotopic (exact) mass is 319 g/mol. The van der Waals surface area contributed by atoms with E-state index in [1.54, 1.807) is 6.07 Å². The lowest BCUT2D eigenvalue weighted by molar-refractivity contribution is -0.0504. The van der Waals surface area contributed by atoms with E-state index in [1.165, 1.54) is 12.1 Å². The average molecular weight is 320 g/mol. The molecule has 0 heterocycles. The quantitative estimate of drug-likeness (QED) is 0.632. The lowest BCUT2D eigenvalue weighted by Gasteiger charge is -2.12. The van der Waals surface area contributed by atoms with Gasteiger partial charge < -0.3 is 9.47 Å². The second-order valence-corrected chi connectivity index (χ2v) is 3.69. The molecule has 0 saturated heterocycles. The number of ether oxygens (including phenoxy) is 2. The summed E-state index contributed by atoms with van der Waals surface area (Å²) in [6, 6.07) is 4.41. The van der Waals surface area contributed by atoms with Gasteiger partial charge in [0, 0.05) is 5.33 Å². The third-order valence-corrected chi connectivity index (χ3v) is 2.69. The van der Waals surface area contributed by atoms with Crippen molar-refractivity contribution in [2.24, 2.45) is 0 Å². The molecule has 7 heteroatoms. The molecule has 96 valence electrons. The van der Waals surface area contributed by atoms with Crippen LogP contribution in [0, 0.1) is 11.3 Å². The molecule has 0 bridgehead atoms. The van der Waals surface area contributed by atoms with Gasteiger partial charge in [-0.2, -0.15) is 14.0 Å². The maximum Gasteiger partial charge on any atom is 0.387 e. The van der Waals surface area contributed by atoms with E-state index in [1.807, 2.05) is 0 Å². The predicted molar refractivity (Wildman–Crippen MR) is 61.8 cm³/mol. The van der Waals surface area contributed by atoms with E-state index in [4.69, 9.17) is 5.26 Å². The minimum Gasteiger partial charge on any atom is -0.465 e. The summed E-state index contributed by atoms with van der Waals surface area (Å²) in [6.45, 7) is -3.09. The molecule has 0 atom stereocenters. The molecule has 0 radical (unpaired) electrons. The molecule has 1 aromatic rings. The number of rotatable bonds is 4. The molecule has 1 rings (SSSR count). The Balaban J connectivity index is 3.43. The highest BCUT2D eigenvalue weighted by Crippen LogP contribution is 2.28. The van der Waals surface area contributed by atoms with Crippen molar-refractivity contribution in [2.75, 3.05) is 7.11 Å². The van der Waals surface area contributed by atoms with E-state index < -0.39 is 12.6 Å². The number of hydrogen-bond donors (Lipinski definition) is 0. The van der Waals surface area contributed by atoms with Crippen LogP contribution in [0.5, 0.6) is 5.75 Å². The van der Waals surface area contributed by atoms with E-state index in [0.29, 0.717) is 10.9 Å². The molecule has 0 spiro atoms. The van der Waals surface area contributed by atoms with Crippen molar-refractivity contribution in [3.05, 3.63) is 28.8 Å². The summed E-state index contributed by atoms with van der Waals surface area (Å²) in [4.78, 5) is 11.5. The highest BCUT2D eigenvalue weighted by atomic mass is 79.9. The van der Waals surface area contributed by atoms with Gasteiger partial charge >= 0.3 is 12.6 Å². The van der Waals surface area contributed by atoms with Crippen molar-refractivity contribution < 1.29 is 23.0 Å². The second-order valence-electron chi connectivity index (χ2n) is 3.13. The molecule has 0 aliphatic heterocycles. The van der Waals surface area contributed by atoms with E-state index in [9.17, 15) is 13.6 Å². The van der Waals surface area contributed by atoms with Crippen molar-refractivity contribution in [3.63, 3.8) is 0 Å². The summed E-state index contributed by atoms with van der Waals surface area (Å²) in [7, 11) is 1.09. The van der Waals surface area contributed by atoms with Crippen molar-refractivity contribution in [1.82, 2.24) is 0 Å². The molecule has 0 aromatic heterocycles. The number of carbonyl (C=O) groups is 1. The van der Waals surface area contributed by atoms with Crippen LogP contribution in [0.1, 0.15) is 21.5 Å². The molecular weight excluding hydrogens is 312 g/mol. The number of methoxy groups -OCH3 is 1. The molecule has 0 fully saturated rings. The zero-order chi connectivity index (χ0) is 13.7. The fourth-order valence-electron chi connectivity index (χ4n) is 1.34. The Morgan fingerprint density at radius 1 is 1.56 bits per heavy atom. The number of nitrogens with zero attached hydrogens (tertiary/aromatic N) is 1. The Kier molecular flexibility index (Phi) is 5.04. The Hall–Kier alpha value is -1.68. The second kappa shape index (κ2) is 6.31. The first kappa shape index (κ1) is 14.4. The van der Waals surface area contributed by atoms with E-state index in [-0.39, 0.29) is 16.9 Å². The zero-order valence-electron chi connectivity index (χ0n) is 9.25. The SMILES string of the molecule is COC(=O)c1c(C#N)cc(CBr)cc1OC(F)F. The maximum absolute atomic E-state index is 12.3. The topological polar surface area (TPSA) is 59.3 Å². The first-order valence-corrected chi connectivity index (χ1v) is 5.81. The van der Waals surface area contributed by atoms with Crippen LogP contribution in [0.3, 0.4) is 0 Å². The normalized spacial score (nSPS) is 10.0. The summed E-state index contributed by atoms with van der Waals surface area (Å²) in [5.41, 5.74) is 0.161. The lowest BCUT2D eigenvalue weighted by atomic mass is 10.0. The van der Waals surface area contributed by atoms with Gasteiger partial charge in [-0.3, -0.25) is 0 Å². The summed E-state index contributed by atoms with van der Waals surface area (Å²) >= 11 is 3.13. The van der Waals surface area contributed by atoms with Crippen molar-refractivity contribution >= 4 is 21.9 Å². The predicted octanol–water partition coefficient (Wildman–Crippen LogP) is 2.84. The minimum atomic E-state index is -3.09. The molecule has 0 unspecified atom stereocenters. The van der Waals surface area contributed by atoms with Gasteiger partial charge in [-0.15, -0.1) is 0 Å². The van der Waals surface area contributed by atoms with Crippen LogP contribution in [0.4, 0.5) is 8.78 Å². The van der Waals surface area contributed by atoms with E-state index in [2.05, 4.69) is 25.4 Å². The molecule has 18 heavy (non-hydrogen) atoms. The van der Waals surface area contributed by atoms with Gasteiger partial charge in [0.2, 0.25) is 0 Å². The number of halogens is 3. The van der Waals surface area contributed by atoms with Crippen LogP contribution in [0.2, 0.25) is 0 Å². The van der Waals surface area contributed by atoms with Gasteiger partial charge in [0.15, 0.2) is 0 Å². The van der Waals surface area contributed by atoms with Crippen molar-refractivity contribution in [2.45, 2.75) is 11.9 Å². The van der Waals surface area contributed by atoms with Gasteiger partial charge in [-0.25, -0.2) is 4.79 Å². The van der Waals surface area contributed by atoms with E-state index >= 15 is 0 Å². The first-order valence-electron chi connectivity index (χ1n) is 4.69. The molecule has 0 aliphatic rings. The van der Waals surface area contributed by atoms with Gasteiger partial charge in [-0.1, -0.05) is 15.9 Å².